The number of hydrogen-bond donors (Lipinski definition) is 0. The first-order valence-electron chi connectivity index (χ1n) is 12.4. The van der Waals surface area contributed by atoms with Gasteiger partial charge in [-0.1, -0.05) is 12.1 Å². The zero-order valence-corrected chi connectivity index (χ0v) is 21.3. The van der Waals surface area contributed by atoms with Gasteiger partial charge in [-0.05, 0) is 66.8 Å². The molecule has 0 bridgehead atoms. The molecule has 2 aliphatic heterocycles. The minimum Gasteiger partial charge on any atom is -0.465 e. The molecule has 1 amide bonds. The maximum atomic E-state index is 14.3. The van der Waals surface area contributed by atoms with Crippen molar-refractivity contribution in [2.75, 3.05) is 18.3 Å². The molecule has 3 atom stereocenters. The average molecular weight is 534 g/mol. The summed E-state index contributed by atoms with van der Waals surface area (Å²) in [4.78, 5) is 43.6. The van der Waals surface area contributed by atoms with E-state index >= 15 is 0 Å². The molecule has 0 N–H and O–H groups in total. The van der Waals surface area contributed by atoms with Crippen LogP contribution in [0, 0.1) is 11.7 Å². The minimum atomic E-state index is -1.04. The molecule has 2 aromatic carbocycles. The van der Waals surface area contributed by atoms with Crippen LogP contribution in [-0.4, -0.2) is 31.1 Å². The molecule has 0 spiro atoms. The Morgan fingerprint density at radius 3 is 2.61 bits per heavy atom. The van der Waals surface area contributed by atoms with Crippen molar-refractivity contribution in [2.24, 2.45) is 5.92 Å². The van der Waals surface area contributed by atoms with Crippen molar-refractivity contribution in [3.8, 4) is 11.5 Å². The number of hydrogen-bond acceptors (Lipinski definition) is 7. The molecule has 194 valence electrons. The van der Waals surface area contributed by atoms with E-state index in [-0.39, 0.29) is 37.9 Å². The van der Waals surface area contributed by atoms with Crippen LogP contribution in [0.15, 0.2) is 71.2 Å². The second kappa shape index (κ2) is 9.72. The van der Waals surface area contributed by atoms with Gasteiger partial charge in [0.1, 0.15) is 11.7 Å². The van der Waals surface area contributed by atoms with Crippen LogP contribution >= 0.6 is 11.3 Å². The number of allylic oxidation sites excluding steroid dienone is 2. The molecule has 38 heavy (non-hydrogen) atoms. The van der Waals surface area contributed by atoms with E-state index in [1.54, 1.807) is 19.1 Å². The third-order valence-corrected chi connectivity index (χ3v) is 8.26. The molecule has 3 aromatic rings. The van der Waals surface area contributed by atoms with Crippen molar-refractivity contribution in [3.63, 3.8) is 0 Å². The van der Waals surface area contributed by atoms with Crippen LogP contribution in [0.25, 0.3) is 0 Å². The second-order valence-corrected chi connectivity index (χ2v) is 10.3. The summed E-state index contributed by atoms with van der Waals surface area (Å²) in [5.74, 6) is -2.55. The van der Waals surface area contributed by atoms with Crippen molar-refractivity contribution in [3.05, 3.63) is 87.5 Å². The van der Waals surface area contributed by atoms with E-state index in [1.807, 2.05) is 23.6 Å². The van der Waals surface area contributed by atoms with Crippen molar-refractivity contribution in [2.45, 2.75) is 31.6 Å². The summed E-state index contributed by atoms with van der Waals surface area (Å²) in [6, 6.07) is 14.8. The lowest BCUT2D eigenvalue weighted by atomic mass is 9.69. The number of nitrogens with zero attached hydrogens (tertiary/aromatic N) is 1. The number of Topliss-reactive ketones (excluding diaryl/α,β-unsaturated/α-hetero) is 1. The maximum absolute atomic E-state index is 14.3. The SMILES string of the molecule is CCOC(=O)[C@@H]1C(=O)C2=C(C[C@@H]1c1cccs1)N(c1ccc(F)cc1)C(=O)C[C@@H]2c1ccc2c(c1)OCO2. The molecule has 3 heterocycles. The lowest BCUT2D eigenvalue weighted by Crippen LogP contribution is -2.46. The number of benzene rings is 2. The predicted molar refractivity (Wildman–Crippen MR) is 138 cm³/mol. The Hall–Kier alpha value is -3.98. The number of amides is 1. The molecular weight excluding hydrogens is 509 g/mol. The van der Waals surface area contributed by atoms with E-state index < -0.39 is 29.5 Å². The molecule has 1 aromatic heterocycles. The first-order valence-corrected chi connectivity index (χ1v) is 13.3. The fourth-order valence-corrected chi connectivity index (χ4v) is 6.47. The highest BCUT2D eigenvalue weighted by Gasteiger charge is 2.50. The maximum Gasteiger partial charge on any atom is 0.317 e. The Morgan fingerprint density at radius 1 is 1.08 bits per heavy atom. The fourth-order valence-electron chi connectivity index (χ4n) is 5.61. The summed E-state index contributed by atoms with van der Waals surface area (Å²) in [5, 5.41) is 1.89. The van der Waals surface area contributed by atoms with E-state index in [1.165, 1.54) is 40.5 Å². The number of esters is 1. The highest BCUT2D eigenvalue weighted by Crippen LogP contribution is 2.50. The van der Waals surface area contributed by atoms with Gasteiger partial charge < -0.3 is 14.2 Å². The van der Waals surface area contributed by atoms with Crippen LogP contribution in [0.5, 0.6) is 11.5 Å². The minimum absolute atomic E-state index is 0.000801. The molecule has 0 saturated heterocycles. The van der Waals surface area contributed by atoms with Gasteiger partial charge >= 0.3 is 5.97 Å². The van der Waals surface area contributed by atoms with Gasteiger partial charge in [0.15, 0.2) is 17.3 Å². The van der Waals surface area contributed by atoms with E-state index in [2.05, 4.69) is 0 Å². The molecule has 1 aliphatic carbocycles. The summed E-state index contributed by atoms with van der Waals surface area (Å²) >= 11 is 1.45. The van der Waals surface area contributed by atoms with Gasteiger partial charge in [0, 0.05) is 40.1 Å². The summed E-state index contributed by atoms with van der Waals surface area (Å²) in [6.07, 6.45) is 0.274. The molecule has 7 nitrogen and oxygen atoms in total. The van der Waals surface area contributed by atoms with E-state index in [0.717, 1.165) is 10.4 Å². The molecule has 0 fully saturated rings. The number of carbonyl (C=O) groups excluding carboxylic acids is 3. The van der Waals surface area contributed by atoms with Crippen LogP contribution in [0.1, 0.15) is 42.0 Å². The quantitative estimate of drug-likeness (QED) is 0.326. The predicted octanol–water partition coefficient (Wildman–Crippen LogP) is 5.33. The van der Waals surface area contributed by atoms with Crippen molar-refractivity contribution in [1.82, 2.24) is 0 Å². The summed E-state index contributed by atoms with van der Waals surface area (Å²) < 4.78 is 30.1. The molecule has 9 heteroatoms. The van der Waals surface area contributed by atoms with Gasteiger partial charge in [-0.2, -0.15) is 0 Å². The van der Waals surface area contributed by atoms with E-state index in [4.69, 9.17) is 14.2 Å². The van der Waals surface area contributed by atoms with Gasteiger partial charge in [-0.15, -0.1) is 11.3 Å². The Bertz CT molecular complexity index is 1450. The molecule has 0 radical (unpaired) electrons. The summed E-state index contributed by atoms with van der Waals surface area (Å²) in [6.45, 7) is 1.96. The number of ketones is 1. The Morgan fingerprint density at radius 2 is 1.87 bits per heavy atom. The van der Waals surface area contributed by atoms with Gasteiger partial charge in [0.2, 0.25) is 12.7 Å². The van der Waals surface area contributed by atoms with Gasteiger partial charge in [-0.25, -0.2) is 4.39 Å². The molecule has 6 rings (SSSR count). The van der Waals surface area contributed by atoms with Gasteiger partial charge in [-0.3, -0.25) is 19.3 Å². The van der Waals surface area contributed by atoms with Gasteiger partial charge in [0.05, 0.1) is 6.61 Å². The Kier molecular flexibility index (Phi) is 6.23. The first-order chi connectivity index (χ1) is 18.5. The number of rotatable bonds is 5. The monoisotopic (exact) mass is 533 g/mol. The highest BCUT2D eigenvalue weighted by molar-refractivity contribution is 7.10. The molecular formula is C29H24FNO6S. The van der Waals surface area contributed by atoms with Crippen LogP contribution in [-0.2, 0) is 19.1 Å². The number of carbonyl (C=O) groups is 3. The third-order valence-electron chi connectivity index (χ3n) is 7.25. The normalized spacial score (nSPS) is 22.5. The highest BCUT2D eigenvalue weighted by atomic mass is 32.1. The zero-order valence-electron chi connectivity index (χ0n) is 20.5. The standard InChI is InChI=1S/C29H24FNO6S/c1-2-35-29(34)27-20(24-4-3-11-38-24)13-21-26(28(27)33)19(16-5-10-22-23(12-16)37-15-36-22)14-25(32)31(21)18-8-6-17(30)7-9-18/h3-12,19-20,27H,2,13-15H2,1H3/t19-,20-,27+/m1/s1. The van der Waals surface area contributed by atoms with Crippen molar-refractivity contribution in [1.29, 1.82) is 0 Å². The van der Waals surface area contributed by atoms with Crippen LogP contribution in [0.2, 0.25) is 0 Å². The van der Waals surface area contributed by atoms with E-state index in [9.17, 15) is 18.8 Å². The molecule has 3 aliphatic rings. The third kappa shape index (κ3) is 4.07. The van der Waals surface area contributed by atoms with Crippen LogP contribution < -0.4 is 14.4 Å². The number of ether oxygens (including phenoxy) is 3. The number of fused-ring (bicyclic) bond motifs is 1. The lowest BCUT2D eigenvalue weighted by molar-refractivity contribution is -0.152. The van der Waals surface area contributed by atoms with Crippen molar-refractivity contribution >= 4 is 34.7 Å². The average Bonchev–Trinajstić information content (AvgIpc) is 3.61. The molecule has 0 saturated carbocycles. The number of halogens is 1. The summed E-state index contributed by atoms with van der Waals surface area (Å²) in [7, 11) is 0. The number of anilines is 1. The number of thiophene rings is 1. The van der Waals surface area contributed by atoms with Crippen LogP contribution in [0.4, 0.5) is 10.1 Å². The topological polar surface area (TPSA) is 82.1 Å². The fraction of sp³-hybridized carbons (Fsp3) is 0.276. The smallest absolute Gasteiger partial charge is 0.317 e. The second-order valence-electron chi connectivity index (χ2n) is 9.36. The largest absolute Gasteiger partial charge is 0.465 e. The lowest BCUT2D eigenvalue weighted by Gasteiger charge is -2.42. The first kappa shape index (κ1) is 24.4. The van der Waals surface area contributed by atoms with Crippen molar-refractivity contribution < 1.29 is 33.0 Å². The Balaban J connectivity index is 1.54. The van der Waals surface area contributed by atoms with Crippen LogP contribution in [0.3, 0.4) is 0 Å². The Labute approximate surface area is 222 Å². The van der Waals surface area contributed by atoms with Gasteiger partial charge in [0.25, 0.3) is 0 Å². The zero-order chi connectivity index (χ0) is 26.4. The molecule has 0 unspecified atom stereocenters. The van der Waals surface area contributed by atoms with E-state index in [0.29, 0.717) is 28.5 Å². The summed E-state index contributed by atoms with van der Waals surface area (Å²) in [5.41, 5.74) is 2.12.